The zero-order valence-electron chi connectivity index (χ0n) is 2.34. The summed E-state index contributed by atoms with van der Waals surface area (Å²) >= 11 is 0. The molecule has 0 aliphatic carbocycles. The number of rotatable bonds is 0. The van der Waals surface area contributed by atoms with Gasteiger partial charge in [-0.2, -0.15) is 0 Å². The fraction of sp³-hybridized carbons (Fsp3) is 0. The minimum absolute atomic E-state index is 0. The van der Waals surface area contributed by atoms with Gasteiger partial charge in [-0.05, 0) is 0 Å². The van der Waals surface area contributed by atoms with E-state index in [1.54, 1.807) is 0 Å². The van der Waals surface area contributed by atoms with Gasteiger partial charge in [-0.1, -0.05) is 0 Å². The molecule has 0 heterocycles. The molecule has 5 heavy (non-hydrogen) atoms. The van der Waals surface area contributed by atoms with Gasteiger partial charge >= 0.3 is 0 Å². The van der Waals surface area contributed by atoms with Crippen LogP contribution < -0.4 is 0 Å². The zero-order chi connectivity index (χ0) is 2.00. The molecule has 0 aromatic carbocycles. The molecule has 0 atom stereocenters. The Morgan fingerprint density at radius 2 is 1.00 bits per heavy atom. The summed E-state index contributed by atoms with van der Waals surface area (Å²) in [4.78, 5) is 7.75. The molecule has 0 unspecified atom stereocenters. The third kappa shape index (κ3) is 1530. The third-order valence-corrected chi connectivity index (χ3v) is 0. The van der Waals surface area contributed by atoms with E-state index < -0.39 is 0 Å². The maximum Gasteiger partial charge on any atom is 0 e. The standard InChI is InChI=1S/CHO.Fe.2H2O/c1-2;;;/h1H;;2*1H2/q-1;;;. The Morgan fingerprint density at radius 1 is 1.00 bits per heavy atom. The first kappa shape index (κ1) is 70.1. The van der Waals surface area contributed by atoms with Gasteiger partial charge in [0.25, 0.3) is 0 Å². The predicted octanol–water partition coefficient (Wildman–Crippen LogP) is -1.93. The molecular formula is CH5FeO3-. The van der Waals surface area contributed by atoms with Gasteiger partial charge in [0.05, 0.1) is 0 Å². The van der Waals surface area contributed by atoms with Crippen molar-refractivity contribution in [3.8, 4) is 0 Å². The Balaban J connectivity index is -0.00000000167. The number of hydrogen-bond donors (Lipinski definition) is 0. The van der Waals surface area contributed by atoms with Crippen LogP contribution in [-0.4, -0.2) is 17.7 Å². The van der Waals surface area contributed by atoms with Crippen LogP contribution >= 0.6 is 0 Å². The maximum atomic E-state index is 7.75. The average molecular weight is 121 g/mol. The van der Waals surface area contributed by atoms with Gasteiger partial charge in [-0.25, -0.2) is 0 Å². The summed E-state index contributed by atoms with van der Waals surface area (Å²) in [5.41, 5.74) is 0. The van der Waals surface area contributed by atoms with Crippen molar-refractivity contribution in [3.63, 3.8) is 0 Å². The van der Waals surface area contributed by atoms with Crippen LogP contribution in [0, 0.1) is 0 Å². The molecule has 0 aliphatic heterocycles. The van der Waals surface area contributed by atoms with Crippen LogP contribution in [0.25, 0.3) is 0 Å². The second-order valence-electron chi connectivity index (χ2n) is 0. The summed E-state index contributed by atoms with van der Waals surface area (Å²) in [7, 11) is 0. The van der Waals surface area contributed by atoms with Crippen LogP contribution in [0.3, 0.4) is 0 Å². The molecule has 0 radical (unpaired) electrons. The first-order valence-corrected chi connectivity index (χ1v) is 0.236. The van der Waals surface area contributed by atoms with Crippen molar-refractivity contribution in [2.45, 2.75) is 0 Å². The molecule has 0 aromatic rings. The van der Waals surface area contributed by atoms with Crippen LogP contribution in [0.5, 0.6) is 0 Å². The van der Waals surface area contributed by atoms with E-state index in [0.717, 1.165) is 0 Å². The molecule has 0 amide bonds. The van der Waals surface area contributed by atoms with Gasteiger partial charge in [0.15, 0.2) is 0 Å². The summed E-state index contributed by atoms with van der Waals surface area (Å²) in [6.07, 6.45) is 0. The summed E-state index contributed by atoms with van der Waals surface area (Å²) in [6, 6.07) is 0. The van der Waals surface area contributed by atoms with Crippen LogP contribution in [0.1, 0.15) is 0 Å². The number of hydrogen-bond acceptors (Lipinski definition) is 1. The SMILES string of the molecule is O.O.[CH-]=O.[Fe]. The average Bonchev–Trinajstić information content (AvgIpc) is 1.00. The van der Waals surface area contributed by atoms with Gasteiger partial charge in [-0.15, -0.1) is 0 Å². The summed E-state index contributed by atoms with van der Waals surface area (Å²) in [5.74, 6) is 0. The monoisotopic (exact) mass is 121 g/mol. The topological polar surface area (TPSA) is 80.1 Å². The number of carbonyl (C=O) groups excluding carboxylic acids is 1. The van der Waals surface area contributed by atoms with Crippen molar-refractivity contribution in [1.29, 1.82) is 0 Å². The minimum atomic E-state index is 0. The fourth-order valence-electron chi connectivity index (χ4n) is 0. The van der Waals surface area contributed by atoms with Crippen LogP contribution in [0.4, 0.5) is 0 Å². The second kappa shape index (κ2) is 3320. The van der Waals surface area contributed by atoms with Gasteiger partial charge < -0.3 is 15.7 Å². The molecule has 0 bridgehead atoms. The predicted molar refractivity (Wildman–Crippen MR) is 14.0 cm³/mol. The molecule has 0 aliphatic rings. The first-order valence-electron chi connectivity index (χ1n) is 0.236. The molecule has 0 aromatic heterocycles. The second-order valence-corrected chi connectivity index (χ2v) is 0. The summed E-state index contributed by atoms with van der Waals surface area (Å²) < 4.78 is 0. The molecule has 0 saturated heterocycles. The largest absolute Gasteiger partial charge is 0.545 e. The van der Waals surface area contributed by atoms with Crippen LogP contribution in [0.15, 0.2) is 0 Å². The van der Waals surface area contributed by atoms with E-state index in [1.165, 1.54) is 0 Å². The van der Waals surface area contributed by atoms with E-state index in [1.807, 2.05) is 0 Å². The Morgan fingerprint density at radius 3 is 1.00 bits per heavy atom. The Labute approximate surface area is 40.5 Å². The van der Waals surface area contributed by atoms with E-state index in [0.29, 0.717) is 0 Å². The van der Waals surface area contributed by atoms with E-state index in [2.05, 4.69) is 6.79 Å². The van der Waals surface area contributed by atoms with Crippen LogP contribution in [0.2, 0.25) is 0 Å². The van der Waals surface area contributed by atoms with Crippen LogP contribution in [-0.2, 0) is 21.9 Å². The Kier molecular flexibility index (Phi) is 46500. The molecule has 4 heteroatoms. The third-order valence-electron chi connectivity index (χ3n) is 0. The van der Waals surface area contributed by atoms with Crippen molar-refractivity contribution in [3.05, 3.63) is 0 Å². The van der Waals surface area contributed by atoms with Crippen molar-refractivity contribution in [1.82, 2.24) is 0 Å². The molecule has 0 spiro atoms. The van der Waals surface area contributed by atoms with E-state index in [-0.39, 0.29) is 28.0 Å². The van der Waals surface area contributed by atoms with E-state index in [4.69, 9.17) is 4.79 Å². The van der Waals surface area contributed by atoms with E-state index >= 15 is 0 Å². The summed E-state index contributed by atoms with van der Waals surface area (Å²) in [5, 5.41) is 0. The van der Waals surface area contributed by atoms with Gasteiger partial charge in [0, 0.05) is 17.1 Å². The van der Waals surface area contributed by atoms with Crippen molar-refractivity contribution in [2.24, 2.45) is 0 Å². The van der Waals surface area contributed by atoms with Gasteiger partial charge in [-0.3, -0.25) is 6.79 Å². The molecule has 36 valence electrons. The molecule has 0 saturated carbocycles. The minimum Gasteiger partial charge on any atom is -0.545 e. The van der Waals surface area contributed by atoms with Gasteiger partial charge in [0.1, 0.15) is 0 Å². The van der Waals surface area contributed by atoms with Gasteiger partial charge in [0.2, 0.25) is 0 Å². The van der Waals surface area contributed by atoms with Crippen molar-refractivity contribution in [2.75, 3.05) is 0 Å². The molecule has 0 fully saturated rings. The van der Waals surface area contributed by atoms with Crippen molar-refractivity contribution < 1.29 is 32.8 Å². The fourth-order valence-corrected chi connectivity index (χ4v) is 0. The molecule has 3 nitrogen and oxygen atoms in total. The van der Waals surface area contributed by atoms with Crippen molar-refractivity contribution >= 4 is 6.79 Å². The Bertz CT molecular complexity index is 6.85. The van der Waals surface area contributed by atoms with E-state index in [9.17, 15) is 0 Å². The smallest absolute Gasteiger partial charge is 0 e. The molecular weight excluding hydrogens is 116 g/mol. The molecule has 0 rings (SSSR count). The maximum absolute atomic E-state index is 7.75. The molecule has 4 N–H and O–H groups in total. The quantitative estimate of drug-likeness (QED) is 0.209. The Hall–Kier alpha value is 0.109. The normalized spacial score (nSPS) is 0.800. The first-order chi connectivity index (χ1) is 1.00. The zero-order valence-corrected chi connectivity index (χ0v) is 3.44. The summed E-state index contributed by atoms with van der Waals surface area (Å²) in [6.45, 7) is 3.25.